The maximum absolute atomic E-state index is 6.09. The summed E-state index contributed by atoms with van der Waals surface area (Å²) in [6.07, 6.45) is 0.783. The summed E-state index contributed by atoms with van der Waals surface area (Å²) in [6, 6.07) is 20.8. The van der Waals surface area contributed by atoms with Gasteiger partial charge in [-0.3, -0.25) is 0 Å². The molecule has 0 saturated carbocycles. The second-order valence-corrected chi connectivity index (χ2v) is 5.88. The van der Waals surface area contributed by atoms with Gasteiger partial charge in [0.2, 0.25) is 0 Å². The maximum atomic E-state index is 6.09. The lowest BCUT2D eigenvalue weighted by atomic mass is 10.1. The predicted octanol–water partition coefficient (Wildman–Crippen LogP) is 4.97. The van der Waals surface area contributed by atoms with Crippen LogP contribution in [0.4, 0.5) is 0 Å². The molecule has 0 aliphatic rings. The van der Waals surface area contributed by atoms with Crippen molar-refractivity contribution in [2.75, 3.05) is 6.54 Å². The molecule has 0 aliphatic carbocycles. The third-order valence-corrected chi connectivity index (χ3v) is 3.65. The number of halogens is 1. The standard InChI is InChI=1S/C20H22N2O.ClH/c1-15(2)21-14-13-18-22-19(16-9-5-3-6-10-16)20(23-18)17-11-7-4-8-12-17;/h3-12,15,21H,13-14H2,1-2H3;1H. The topological polar surface area (TPSA) is 38.1 Å². The minimum atomic E-state index is 0. The van der Waals surface area contributed by atoms with Crippen LogP contribution in [0.2, 0.25) is 0 Å². The first-order valence-electron chi connectivity index (χ1n) is 8.08. The molecule has 0 saturated heterocycles. The van der Waals surface area contributed by atoms with Gasteiger partial charge >= 0.3 is 0 Å². The van der Waals surface area contributed by atoms with Crippen molar-refractivity contribution in [3.63, 3.8) is 0 Å². The van der Waals surface area contributed by atoms with Gasteiger partial charge in [-0.25, -0.2) is 4.98 Å². The van der Waals surface area contributed by atoms with E-state index in [2.05, 4.69) is 43.4 Å². The number of nitrogens with zero attached hydrogens (tertiary/aromatic N) is 1. The molecular weight excluding hydrogens is 320 g/mol. The van der Waals surface area contributed by atoms with Crippen molar-refractivity contribution in [3.05, 3.63) is 66.6 Å². The molecule has 1 N–H and O–H groups in total. The number of hydrogen-bond donors (Lipinski definition) is 1. The first kappa shape index (κ1) is 18.2. The van der Waals surface area contributed by atoms with Gasteiger partial charge in [-0.2, -0.15) is 0 Å². The largest absolute Gasteiger partial charge is 0.440 e. The van der Waals surface area contributed by atoms with Gasteiger partial charge in [0.05, 0.1) is 0 Å². The lowest BCUT2D eigenvalue weighted by Gasteiger charge is -2.05. The highest BCUT2D eigenvalue weighted by atomic mass is 35.5. The van der Waals surface area contributed by atoms with Crippen LogP contribution in [0, 0.1) is 0 Å². The first-order chi connectivity index (χ1) is 11.2. The van der Waals surface area contributed by atoms with Gasteiger partial charge in [0.25, 0.3) is 0 Å². The van der Waals surface area contributed by atoms with Crippen LogP contribution in [0.3, 0.4) is 0 Å². The van der Waals surface area contributed by atoms with Crippen molar-refractivity contribution >= 4 is 12.4 Å². The number of aromatic nitrogens is 1. The fourth-order valence-electron chi connectivity index (χ4n) is 2.52. The average Bonchev–Trinajstić information content (AvgIpc) is 3.00. The molecule has 0 unspecified atom stereocenters. The molecule has 1 aromatic heterocycles. The smallest absolute Gasteiger partial charge is 0.196 e. The van der Waals surface area contributed by atoms with Crippen molar-refractivity contribution in [1.29, 1.82) is 0 Å². The predicted molar refractivity (Wildman–Crippen MR) is 101 cm³/mol. The van der Waals surface area contributed by atoms with Crippen LogP contribution in [-0.2, 0) is 6.42 Å². The number of hydrogen-bond acceptors (Lipinski definition) is 3. The second kappa shape index (κ2) is 8.67. The van der Waals surface area contributed by atoms with Crippen LogP contribution < -0.4 is 5.32 Å². The molecule has 3 nitrogen and oxygen atoms in total. The molecule has 4 heteroatoms. The number of rotatable bonds is 6. The lowest BCUT2D eigenvalue weighted by Crippen LogP contribution is -2.24. The van der Waals surface area contributed by atoms with E-state index in [-0.39, 0.29) is 12.4 Å². The normalized spacial score (nSPS) is 10.6. The van der Waals surface area contributed by atoms with Crippen LogP contribution in [0.1, 0.15) is 19.7 Å². The number of benzene rings is 2. The van der Waals surface area contributed by atoms with Crippen molar-refractivity contribution in [2.24, 2.45) is 0 Å². The maximum Gasteiger partial charge on any atom is 0.196 e. The summed E-state index contributed by atoms with van der Waals surface area (Å²) in [5.41, 5.74) is 3.05. The molecule has 0 amide bonds. The number of oxazole rings is 1. The van der Waals surface area contributed by atoms with Gasteiger partial charge in [0.15, 0.2) is 11.7 Å². The highest BCUT2D eigenvalue weighted by Gasteiger charge is 2.16. The van der Waals surface area contributed by atoms with E-state index in [9.17, 15) is 0 Å². The van der Waals surface area contributed by atoms with Crippen LogP contribution in [0.15, 0.2) is 65.1 Å². The lowest BCUT2D eigenvalue weighted by molar-refractivity contribution is 0.485. The molecule has 0 spiro atoms. The summed E-state index contributed by atoms with van der Waals surface area (Å²) in [6.45, 7) is 5.14. The Kier molecular flexibility index (Phi) is 6.59. The van der Waals surface area contributed by atoms with E-state index in [1.54, 1.807) is 0 Å². The Morgan fingerprint density at radius 1 is 0.917 bits per heavy atom. The fraction of sp³-hybridized carbons (Fsp3) is 0.250. The summed E-state index contributed by atoms with van der Waals surface area (Å²) >= 11 is 0. The van der Waals surface area contributed by atoms with Gasteiger partial charge in [-0.05, 0) is 0 Å². The van der Waals surface area contributed by atoms with Gasteiger partial charge in [0.1, 0.15) is 5.69 Å². The van der Waals surface area contributed by atoms with Crippen LogP contribution in [0.5, 0.6) is 0 Å². The van der Waals surface area contributed by atoms with Gasteiger partial charge in [0, 0.05) is 30.1 Å². The Hall–Kier alpha value is -2.10. The van der Waals surface area contributed by atoms with E-state index in [0.29, 0.717) is 6.04 Å². The first-order valence-corrected chi connectivity index (χ1v) is 8.08. The summed E-state index contributed by atoms with van der Waals surface area (Å²) in [4.78, 5) is 4.75. The Labute approximate surface area is 149 Å². The van der Waals surface area contributed by atoms with Crippen LogP contribution in [-0.4, -0.2) is 17.6 Å². The van der Waals surface area contributed by atoms with Crippen molar-refractivity contribution in [2.45, 2.75) is 26.3 Å². The Morgan fingerprint density at radius 3 is 2.08 bits per heavy atom. The molecule has 3 aromatic rings. The fourth-order valence-corrected chi connectivity index (χ4v) is 2.52. The van der Waals surface area contributed by atoms with Gasteiger partial charge in [-0.15, -0.1) is 12.4 Å². The minimum absolute atomic E-state index is 0. The van der Waals surface area contributed by atoms with Crippen molar-refractivity contribution in [1.82, 2.24) is 10.3 Å². The summed E-state index contributed by atoms with van der Waals surface area (Å²) in [7, 11) is 0. The summed E-state index contributed by atoms with van der Waals surface area (Å²) in [5.74, 6) is 1.62. The van der Waals surface area contributed by atoms with E-state index in [0.717, 1.165) is 41.4 Å². The average molecular weight is 343 g/mol. The molecule has 0 fully saturated rings. The molecule has 2 aromatic carbocycles. The molecule has 126 valence electrons. The third-order valence-electron chi connectivity index (χ3n) is 3.65. The molecule has 0 atom stereocenters. The zero-order chi connectivity index (χ0) is 16.1. The van der Waals surface area contributed by atoms with E-state index in [1.165, 1.54) is 0 Å². The zero-order valence-corrected chi connectivity index (χ0v) is 14.8. The summed E-state index contributed by atoms with van der Waals surface area (Å²) in [5, 5.41) is 3.40. The van der Waals surface area contributed by atoms with Gasteiger partial charge in [-0.1, -0.05) is 74.5 Å². The molecule has 1 heterocycles. The van der Waals surface area contributed by atoms with Gasteiger partial charge < -0.3 is 9.73 Å². The van der Waals surface area contributed by atoms with E-state index in [1.807, 2.05) is 36.4 Å². The van der Waals surface area contributed by atoms with Crippen molar-refractivity contribution < 1.29 is 4.42 Å². The van der Waals surface area contributed by atoms with E-state index >= 15 is 0 Å². The zero-order valence-electron chi connectivity index (χ0n) is 14.0. The minimum Gasteiger partial charge on any atom is -0.440 e. The Bertz CT molecular complexity index is 682. The molecule has 0 bridgehead atoms. The molecule has 0 radical (unpaired) electrons. The SMILES string of the molecule is CC(C)NCCc1nc(-c2ccccc2)c(-c2ccccc2)o1.Cl. The Balaban J connectivity index is 0.00000208. The monoisotopic (exact) mass is 342 g/mol. The van der Waals surface area contributed by atoms with E-state index in [4.69, 9.17) is 9.40 Å². The van der Waals surface area contributed by atoms with Crippen molar-refractivity contribution in [3.8, 4) is 22.6 Å². The summed E-state index contributed by atoms with van der Waals surface area (Å²) < 4.78 is 6.09. The van der Waals surface area contributed by atoms with Crippen LogP contribution >= 0.6 is 12.4 Å². The molecule has 3 rings (SSSR count). The highest BCUT2D eigenvalue weighted by molar-refractivity contribution is 5.85. The molecule has 24 heavy (non-hydrogen) atoms. The molecular formula is C20H23ClN2O. The quantitative estimate of drug-likeness (QED) is 0.687. The van der Waals surface area contributed by atoms with Crippen LogP contribution in [0.25, 0.3) is 22.6 Å². The number of nitrogens with one attached hydrogen (secondary N) is 1. The highest BCUT2D eigenvalue weighted by Crippen LogP contribution is 2.32. The van der Waals surface area contributed by atoms with E-state index < -0.39 is 0 Å². The third kappa shape index (κ3) is 4.47. The molecule has 0 aliphatic heterocycles. The Morgan fingerprint density at radius 2 is 1.50 bits per heavy atom. The second-order valence-electron chi connectivity index (χ2n) is 5.88.